The third-order valence-corrected chi connectivity index (χ3v) is 1.62. The number of rotatable bonds is 2. The van der Waals surface area contributed by atoms with Gasteiger partial charge in [0.15, 0.2) is 0 Å². The average molecular weight is 129 g/mol. The second-order valence-corrected chi connectivity index (χ2v) is 2.34. The molecule has 0 aromatic rings. The smallest absolute Gasteiger partial charge is 0.420 e. The van der Waals surface area contributed by atoms with Crippen molar-refractivity contribution in [2.75, 3.05) is 0 Å². The van der Waals surface area contributed by atoms with Gasteiger partial charge in [0.25, 0.3) is 0 Å². The Bertz CT molecular complexity index is 105. The molecule has 1 fully saturated rings. The van der Waals surface area contributed by atoms with Crippen LogP contribution in [0.2, 0.25) is 0 Å². The summed E-state index contributed by atoms with van der Waals surface area (Å²) >= 11 is 0. The van der Waals surface area contributed by atoms with Crippen molar-refractivity contribution in [3.05, 3.63) is 0 Å². The van der Waals surface area contributed by atoms with E-state index in [2.05, 4.69) is 4.74 Å². The summed E-state index contributed by atoms with van der Waals surface area (Å²) in [7, 11) is 0. The third kappa shape index (κ3) is 1.42. The van der Waals surface area contributed by atoms with Crippen molar-refractivity contribution in [1.82, 2.24) is 0 Å². The van der Waals surface area contributed by atoms with Gasteiger partial charge in [-0.15, -0.1) is 0 Å². The largest absolute Gasteiger partial charge is 0.425 e. The molecule has 9 heavy (non-hydrogen) atoms. The zero-order valence-electron chi connectivity index (χ0n) is 5.09. The Balaban J connectivity index is 2.40. The lowest BCUT2D eigenvalue weighted by molar-refractivity contribution is -0.140. The lowest BCUT2D eigenvalue weighted by Crippen LogP contribution is -2.27. The van der Waals surface area contributed by atoms with E-state index in [0.717, 1.165) is 12.8 Å². The Morgan fingerprint density at radius 2 is 2.00 bits per heavy atom. The molecular weight excluding hydrogens is 120 g/mol. The van der Waals surface area contributed by atoms with Crippen molar-refractivity contribution in [1.29, 1.82) is 0 Å². The van der Waals surface area contributed by atoms with Crippen LogP contribution in [-0.2, 0) is 9.53 Å². The van der Waals surface area contributed by atoms with Gasteiger partial charge in [-0.3, -0.25) is 0 Å². The van der Waals surface area contributed by atoms with Crippen LogP contribution in [0.4, 0.5) is 0 Å². The van der Waals surface area contributed by atoms with E-state index < -0.39 is 5.79 Å². The van der Waals surface area contributed by atoms with Crippen LogP contribution in [0.5, 0.6) is 0 Å². The molecule has 3 nitrogen and oxygen atoms in total. The molecule has 0 bridgehead atoms. The van der Waals surface area contributed by atoms with Gasteiger partial charge in [-0.25, -0.2) is 4.79 Å². The molecule has 0 saturated heterocycles. The first-order valence-corrected chi connectivity index (χ1v) is 3.04. The SMILES string of the molecule is O=[C]OC1(O)CCCC1. The summed E-state index contributed by atoms with van der Waals surface area (Å²) in [6, 6.07) is 0. The molecule has 1 saturated carbocycles. The van der Waals surface area contributed by atoms with Crippen molar-refractivity contribution in [3.63, 3.8) is 0 Å². The number of hydrogen-bond donors (Lipinski definition) is 1. The summed E-state index contributed by atoms with van der Waals surface area (Å²) in [5.74, 6) is -1.18. The van der Waals surface area contributed by atoms with E-state index in [1.165, 1.54) is 6.47 Å². The monoisotopic (exact) mass is 129 g/mol. The van der Waals surface area contributed by atoms with Crippen LogP contribution in [0.15, 0.2) is 0 Å². The van der Waals surface area contributed by atoms with Gasteiger partial charge in [-0.2, -0.15) is 0 Å². The van der Waals surface area contributed by atoms with E-state index in [-0.39, 0.29) is 0 Å². The van der Waals surface area contributed by atoms with Crippen LogP contribution in [0.3, 0.4) is 0 Å². The number of ether oxygens (including phenoxy) is 1. The highest BCUT2D eigenvalue weighted by Gasteiger charge is 2.32. The Kier molecular flexibility index (Phi) is 1.71. The van der Waals surface area contributed by atoms with E-state index in [0.29, 0.717) is 12.8 Å². The van der Waals surface area contributed by atoms with E-state index >= 15 is 0 Å². The maximum Gasteiger partial charge on any atom is 0.420 e. The van der Waals surface area contributed by atoms with Crippen molar-refractivity contribution in [2.45, 2.75) is 31.5 Å². The van der Waals surface area contributed by atoms with Crippen LogP contribution >= 0.6 is 0 Å². The molecule has 0 heterocycles. The molecule has 51 valence electrons. The van der Waals surface area contributed by atoms with Crippen LogP contribution < -0.4 is 0 Å². The van der Waals surface area contributed by atoms with Crippen molar-refractivity contribution in [3.8, 4) is 0 Å². The molecule has 1 rings (SSSR count). The summed E-state index contributed by atoms with van der Waals surface area (Å²) < 4.78 is 4.34. The minimum absolute atomic E-state index is 0.558. The molecule has 0 aromatic heterocycles. The molecule has 0 spiro atoms. The molecule has 0 aromatic carbocycles. The van der Waals surface area contributed by atoms with E-state index in [4.69, 9.17) is 0 Å². The zero-order valence-corrected chi connectivity index (χ0v) is 5.09. The zero-order chi connectivity index (χ0) is 6.74. The molecule has 1 aliphatic carbocycles. The Hall–Kier alpha value is -0.570. The van der Waals surface area contributed by atoms with E-state index in [1.807, 2.05) is 0 Å². The lowest BCUT2D eigenvalue weighted by Gasteiger charge is -2.17. The molecular formula is C6H9O3. The maximum atomic E-state index is 9.66. The highest BCUT2D eigenvalue weighted by molar-refractivity contribution is 5.39. The number of aliphatic hydroxyl groups is 1. The van der Waals surface area contributed by atoms with Gasteiger partial charge in [0.2, 0.25) is 5.79 Å². The lowest BCUT2D eigenvalue weighted by atomic mass is 10.2. The topological polar surface area (TPSA) is 46.5 Å². The second kappa shape index (κ2) is 2.35. The fourth-order valence-corrected chi connectivity index (χ4v) is 1.11. The number of carbonyl (C=O) groups excluding carboxylic acids is 1. The highest BCUT2D eigenvalue weighted by atomic mass is 16.6. The van der Waals surface area contributed by atoms with Gasteiger partial charge in [-0.1, -0.05) is 0 Å². The summed E-state index contributed by atoms with van der Waals surface area (Å²) in [5.41, 5.74) is 0. The third-order valence-electron chi connectivity index (χ3n) is 1.62. The molecule has 1 aliphatic rings. The summed E-state index contributed by atoms with van der Waals surface area (Å²) in [5, 5.41) is 9.21. The van der Waals surface area contributed by atoms with Gasteiger partial charge < -0.3 is 9.84 Å². The van der Waals surface area contributed by atoms with Crippen molar-refractivity contribution < 1.29 is 14.6 Å². The maximum absolute atomic E-state index is 9.66. The van der Waals surface area contributed by atoms with Crippen LogP contribution in [0.25, 0.3) is 0 Å². The van der Waals surface area contributed by atoms with Crippen molar-refractivity contribution in [2.24, 2.45) is 0 Å². The van der Waals surface area contributed by atoms with Crippen LogP contribution in [-0.4, -0.2) is 17.4 Å². The molecule has 0 aliphatic heterocycles. The first-order chi connectivity index (χ1) is 4.27. The summed E-state index contributed by atoms with van der Waals surface area (Å²) in [6.45, 7) is 1.25. The molecule has 0 amide bonds. The fourth-order valence-electron chi connectivity index (χ4n) is 1.11. The minimum atomic E-state index is -1.18. The first kappa shape index (κ1) is 6.55. The highest BCUT2D eigenvalue weighted by Crippen LogP contribution is 2.29. The Morgan fingerprint density at radius 3 is 2.44 bits per heavy atom. The van der Waals surface area contributed by atoms with Gasteiger partial charge in [-0.05, 0) is 12.8 Å². The minimum Gasteiger partial charge on any atom is -0.425 e. The molecule has 1 N–H and O–H groups in total. The second-order valence-electron chi connectivity index (χ2n) is 2.34. The molecule has 1 radical (unpaired) electrons. The Labute approximate surface area is 53.6 Å². The van der Waals surface area contributed by atoms with Crippen molar-refractivity contribution >= 4 is 6.47 Å². The molecule has 3 heteroatoms. The summed E-state index contributed by atoms with van der Waals surface area (Å²) in [4.78, 5) is 9.66. The molecule has 0 unspecified atom stereocenters. The fraction of sp³-hybridized carbons (Fsp3) is 0.833. The normalized spacial score (nSPS) is 23.7. The Morgan fingerprint density at radius 1 is 1.44 bits per heavy atom. The predicted molar refractivity (Wildman–Crippen MR) is 30.2 cm³/mol. The predicted octanol–water partition coefficient (Wildman–Crippen LogP) is 0.333. The van der Waals surface area contributed by atoms with Crippen LogP contribution in [0.1, 0.15) is 25.7 Å². The molecule has 0 atom stereocenters. The van der Waals surface area contributed by atoms with Gasteiger partial charge in [0.1, 0.15) is 0 Å². The summed E-state index contributed by atoms with van der Waals surface area (Å²) in [6.07, 6.45) is 2.97. The van der Waals surface area contributed by atoms with E-state index in [9.17, 15) is 9.90 Å². The van der Waals surface area contributed by atoms with Crippen LogP contribution in [0, 0.1) is 0 Å². The quantitative estimate of drug-likeness (QED) is 0.546. The van der Waals surface area contributed by atoms with E-state index in [1.54, 1.807) is 0 Å². The van der Waals surface area contributed by atoms with Gasteiger partial charge in [0, 0.05) is 12.8 Å². The first-order valence-electron chi connectivity index (χ1n) is 3.04. The standard InChI is InChI=1S/C6H9O3/c7-5-9-6(8)3-1-2-4-6/h8H,1-4H2. The van der Waals surface area contributed by atoms with Gasteiger partial charge >= 0.3 is 6.47 Å². The number of hydrogen-bond acceptors (Lipinski definition) is 3. The average Bonchev–Trinajstić information content (AvgIpc) is 2.16. The van der Waals surface area contributed by atoms with Gasteiger partial charge in [0.05, 0.1) is 0 Å².